The van der Waals surface area contributed by atoms with Crippen LogP contribution in [0.15, 0.2) is 65.3 Å². The van der Waals surface area contributed by atoms with Gasteiger partial charge in [-0.05, 0) is 38.3 Å². The molecule has 7 nitrogen and oxygen atoms in total. The van der Waals surface area contributed by atoms with Gasteiger partial charge in [0.15, 0.2) is 0 Å². The third-order valence-electron chi connectivity index (χ3n) is 5.69. The van der Waals surface area contributed by atoms with Gasteiger partial charge in [-0.15, -0.1) is 0 Å². The van der Waals surface area contributed by atoms with Gasteiger partial charge in [-0.25, -0.2) is 14.8 Å². The average Bonchev–Trinajstić information content (AvgIpc) is 3.27. The first-order valence-corrected chi connectivity index (χ1v) is 12.6. The van der Waals surface area contributed by atoms with E-state index >= 15 is 0 Å². The fourth-order valence-electron chi connectivity index (χ4n) is 3.98. The summed E-state index contributed by atoms with van der Waals surface area (Å²) in [5.74, 6) is 0.798. The summed E-state index contributed by atoms with van der Waals surface area (Å²) in [6.45, 7) is 10.2. The second kappa shape index (κ2) is 11.6. The Morgan fingerprint density at radius 3 is 2.38 bits per heavy atom. The predicted octanol–water partition coefficient (Wildman–Crippen LogP) is 6.49. The minimum atomic E-state index is -0.536. The quantitative estimate of drug-likeness (QED) is 0.229. The van der Waals surface area contributed by atoms with Gasteiger partial charge < -0.3 is 18.6 Å². The topological polar surface area (TPSA) is 83.7 Å². The Morgan fingerprint density at radius 2 is 1.70 bits per heavy atom. The summed E-state index contributed by atoms with van der Waals surface area (Å²) in [4.78, 5) is 20.7. The van der Waals surface area contributed by atoms with E-state index in [-0.39, 0.29) is 18.5 Å². The summed E-state index contributed by atoms with van der Waals surface area (Å²) in [5, 5.41) is 0.729. The molecular weight excluding hydrogens is 468 g/mol. The summed E-state index contributed by atoms with van der Waals surface area (Å²) in [6.07, 6.45) is 2.41. The first-order valence-electron chi connectivity index (χ1n) is 12.6. The Morgan fingerprint density at radius 1 is 0.973 bits per heavy atom. The number of furan rings is 1. The van der Waals surface area contributed by atoms with E-state index in [2.05, 4.69) is 41.2 Å². The fourth-order valence-corrected chi connectivity index (χ4v) is 3.98. The molecule has 4 rings (SSSR count). The van der Waals surface area contributed by atoms with E-state index in [1.165, 1.54) is 11.9 Å². The molecule has 0 N–H and O–H groups in total. The number of carbonyl (C=O) groups excluding carboxylic acids is 1. The molecule has 0 amide bonds. The van der Waals surface area contributed by atoms with Crippen molar-refractivity contribution < 1.29 is 23.4 Å². The van der Waals surface area contributed by atoms with Crippen LogP contribution in [0.2, 0.25) is 0 Å². The predicted molar refractivity (Wildman–Crippen MR) is 143 cm³/mol. The molecule has 0 spiro atoms. The van der Waals surface area contributed by atoms with E-state index in [9.17, 15) is 4.79 Å². The van der Waals surface area contributed by atoms with Gasteiger partial charge in [0.05, 0.1) is 13.2 Å². The van der Waals surface area contributed by atoms with E-state index in [4.69, 9.17) is 18.6 Å². The molecule has 0 radical (unpaired) electrons. The summed E-state index contributed by atoms with van der Waals surface area (Å²) in [6, 6.07) is 18.4. The van der Waals surface area contributed by atoms with Crippen molar-refractivity contribution >= 4 is 17.1 Å². The second-order valence-electron chi connectivity index (χ2n) is 10.1. The number of aromatic nitrogens is 2. The largest absolute Gasteiger partial charge is 0.477 e. The summed E-state index contributed by atoms with van der Waals surface area (Å²) in [7, 11) is 0. The Kier molecular flexibility index (Phi) is 8.24. The SMILES string of the molecule is CCc1ccc(-c2c(-c3ccccc3)oc3ncnc(OCC(C)COCC(=O)OC(C)(C)C)c23)cc1. The average molecular weight is 503 g/mol. The van der Waals surface area contributed by atoms with Crippen LogP contribution < -0.4 is 4.74 Å². The molecule has 1 atom stereocenters. The molecule has 0 fully saturated rings. The lowest BCUT2D eigenvalue weighted by molar-refractivity contribution is -0.160. The highest BCUT2D eigenvalue weighted by atomic mass is 16.6. The van der Waals surface area contributed by atoms with Crippen LogP contribution in [0.1, 0.15) is 40.2 Å². The molecule has 4 aromatic rings. The van der Waals surface area contributed by atoms with Crippen LogP contribution in [0.3, 0.4) is 0 Å². The molecule has 2 aromatic heterocycles. The monoisotopic (exact) mass is 502 g/mol. The minimum Gasteiger partial charge on any atom is -0.477 e. The Bertz CT molecular complexity index is 1320. The number of fused-ring (bicyclic) bond motifs is 1. The van der Waals surface area contributed by atoms with E-state index < -0.39 is 5.60 Å². The molecule has 1 unspecified atom stereocenters. The van der Waals surface area contributed by atoms with Gasteiger partial charge in [0.1, 0.15) is 29.7 Å². The molecule has 194 valence electrons. The Labute approximate surface area is 217 Å². The van der Waals surface area contributed by atoms with Gasteiger partial charge in [-0.1, -0.05) is 68.4 Å². The van der Waals surface area contributed by atoms with Crippen molar-refractivity contribution in [2.45, 2.75) is 46.6 Å². The first kappa shape index (κ1) is 26.4. The minimum absolute atomic E-state index is 0.0141. The highest BCUT2D eigenvalue weighted by Crippen LogP contribution is 2.43. The summed E-state index contributed by atoms with van der Waals surface area (Å²) >= 11 is 0. The summed E-state index contributed by atoms with van der Waals surface area (Å²) < 4.78 is 23.3. The maximum atomic E-state index is 11.9. The maximum Gasteiger partial charge on any atom is 0.332 e. The number of benzene rings is 2. The smallest absolute Gasteiger partial charge is 0.332 e. The van der Waals surface area contributed by atoms with Gasteiger partial charge in [0, 0.05) is 17.0 Å². The van der Waals surface area contributed by atoms with Crippen LogP contribution in [0.5, 0.6) is 5.88 Å². The molecule has 2 heterocycles. The van der Waals surface area contributed by atoms with Gasteiger partial charge in [-0.3, -0.25) is 0 Å². The van der Waals surface area contributed by atoms with Gasteiger partial charge in [-0.2, -0.15) is 0 Å². The van der Waals surface area contributed by atoms with Crippen LogP contribution in [0.4, 0.5) is 0 Å². The van der Waals surface area contributed by atoms with E-state index in [1.54, 1.807) is 0 Å². The molecule has 0 saturated heterocycles. The van der Waals surface area contributed by atoms with Crippen molar-refractivity contribution in [1.82, 2.24) is 9.97 Å². The number of carbonyl (C=O) groups is 1. The van der Waals surface area contributed by atoms with Crippen LogP contribution in [0.25, 0.3) is 33.6 Å². The molecule has 0 aliphatic carbocycles. The number of aryl methyl sites for hydroxylation is 1. The lowest BCUT2D eigenvalue weighted by Crippen LogP contribution is -2.27. The third kappa shape index (κ3) is 6.74. The van der Waals surface area contributed by atoms with Crippen molar-refractivity contribution in [3.05, 3.63) is 66.5 Å². The molecule has 2 aromatic carbocycles. The van der Waals surface area contributed by atoms with Gasteiger partial charge in [0.25, 0.3) is 0 Å². The molecular formula is C30H34N2O5. The van der Waals surface area contributed by atoms with Crippen LogP contribution in [0, 0.1) is 5.92 Å². The number of ether oxygens (including phenoxy) is 3. The highest BCUT2D eigenvalue weighted by molar-refractivity contribution is 6.03. The number of hydrogen-bond acceptors (Lipinski definition) is 7. The van der Waals surface area contributed by atoms with E-state index in [0.29, 0.717) is 24.8 Å². The van der Waals surface area contributed by atoms with Crippen molar-refractivity contribution in [3.8, 4) is 28.3 Å². The molecule has 0 aliphatic heterocycles. The zero-order chi connectivity index (χ0) is 26.4. The molecule has 7 heteroatoms. The van der Waals surface area contributed by atoms with Gasteiger partial charge in [0.2, 0.25) is 11.6 Å². The zero-order valence-electron chi connectivity index (χ0n) is 22.1. The Hall–Kier alpha value is -3.71. The first-order chi connectivity index (χ1) is 17.7. The highest BCUT2D eigenvalue weighted by Gasteiger charge is 2.23. The number of esters is 1. The van der Waals surface area contributed by atoms with E-state index in [1.807, 2.05) is 58.0 Å². The summed E-state index contributed by atoms with van der Waals surface area (Å²) in [5.41, 5.74) is 4.03. The molecule has 0 bridgehead atoms. The second-order valence-corrected chi connectivity index (χ2v) is 10.1. The van der Waals surface area contributed by atoms with E-state index in [0.717, 1.165) is 34.3 Å². The van der Waals surface area contributed by atoms with Crippen molar-refractivity contribution in [2.75, 3.05) is 19.8 Å². The third-order valence-corrected chi connectivity index (χ3v) is 5.69. The standard InChI is InChI=1S/C30H34N2O5/c1-6-21-12-14-22(15-13-21)25-26-28(35-17-20(2)16-34-18-24(33)37-30(3,4)5)31-19-32-29(26)36-27(25)23-10-8-7-9-11-23/h7-15,19-20H,6,16-18H2,1-5H3. The van der Waals surface area contributed by atoms with Crippen LogP contribution in [-0.2, 0) is 20.7 Å². The molecule has 0 aliphatic rings. The van der Waals surface area contributed by atoms with Crippen LogP contribution in [-0.4, -0.2) is 41.4 Å². The number of nitrogens with zero attached hydrogens (tertiary/aromatic N) is 2. The number of hydrogen-bond donors (Lipinski definition) is 0. The van der Waals surface area contributed by atoms with Gasteiger partial charge >= 0.3 is 5.97 Å². The molecule has 37 heavy (non-hydrogen) atoms. The maximum absolute atomic E-state index is 11.9. The normalized spacial score (nSPS) is 12.5. The van der Waals surface area contributed by atoms with Crippen LogP contribution >= 0.6 is 0 Å². The lowest BCUT2D eigenvalue weighted by Gasteiger charge is -2.19. The molecule has 0 saturated carbocycles. The number of rotatable bonds is 10. The Balaban J connectivity index is 1.57. The fraction of sp³-hybridized carbons (Fsp3) is 0.367. The van der Waals surface area contributed by atoms with Crippen molar-refractivity contribution in [3.63, 3.8) is 0 Å². The van der Waals surface area contributed by atoms with Crippen molar-refractivity contribution in [2.24, 2.45) is 5.92 Å². The lowest BCUT2D eigenvalue weighted by atomic mass is 9.98. The van der Waals surface area contributed by atoms with Crippen molar-refractivity contribution in [1.29, 1.82) is 0 Å². The zero-order valence-corrected chi connectivity index (χ0v) is 22.1.